The van der Waals surface area contributed by atoms with Crippen molar-refractivity contribution in [2.24, 2.45) is 0 Å². The third-order valence-corrected chi connectivity index (χ3v) is 5.86. The number of benzene rings is 1. The van der Waals surface area contributed by atoms with Gasteiger partial charge in [-0.2, -0.15) is 0 Å². The van der Waals surface area contributed by atoms with Crippen molar-refractivity contribution in [1.29, 1.82) is 0 Å². The van der Waals surface area contributed by atoms with E-state index >= 15 is 0 Å². The van der Waals surface area contributed by atoms with Crippen molar-refractivity contribution in [3.63, 3.8) is 0 Å². The Labute approximate surface area is 132 Å². The quantitative estimate of drug-likeness (QED) is 0.839. The van der Waals surface area contributed by atoms with Crippen LogP contribution in [-0.4, -0.2) is 54.1 Å². The van der Waals surface area contributed by atoms with Gasteiger partial charge in [0.05, 0.1) is 0 Å². The average Bonchev–Trinajstić information content (AvgIpc) is 2.90. The topological polar surface area (TPSA) is 26.8 Å². The maximum atomic E-state index is 12.8. The molecule has 3 aliphatic rings. The molecule has 1 aromatic carbocycles. The number of fused-ring (bicyclic) bond motifs is 2. The van der Waals surface area contributed by atoms with E-state index in [9.17, 15) is 4.79 Å². The molecule has 0 spiro atoms. The Bertz CT molecular complexity index is 533. The van der Waals surface area contributed by atoms with E-state index in [0.717, 1.165) is 31.6 Å². The minimum absolute atomic E-state index is 0.207. The summed E-state index contributed by atoms with van der Waals surface area (Å²) in [4.78, 5) is 19.5. The molecule has 0 aromatic heterocycles. The van der Waals surface area contributed by atoms with Gasteiger partial charge in [0.1, 0.15) is 0 Å². The lowest BCUT2D eigenvalue weighted by Crippen LogP contribution is -2.56. The Morgan fingerprint density at radius 2 is 1.64 bits per heavy atom. The monoisotopic (exact) mass is 299 g/mol. The average molecular weight is 299 g/mol. The Morgan fingerprint density at radius 1 is 0.955 bits per heavy atom. The van der Waals surface area contributed by atoms with Crippen molar-refractivity contribution < 1.29 is 4.79 Å². The zero-order chi connectivity index (χ0) is 15.1. The number of para-hydroxylation sites is 1. The number of carbonyl (C=O) groups excluding carboxylic acids is 1. The molecule has 3 atom stereocenters. The highest BCUT2D eigenvalue weighted by atomic mass is 16.2. The fourth-order valence-electron chi connectivity index (χ4n) is 4.58. The first-order valence-corrected chi connectivity index (χ1v) is 8.59. The molecule has 3 fully saturated rings. The van der Waals surface area contributed by atoms with Crippen LogP contribution in [0.1, 0.15) is 32.1 Å². The molecule has 3 aliphatic heterocycles. The molecule has 0 saturated carbocycles. The van der Waals surface area contributed by atoms with Gasteiger partial charge in [-0.05, 0) is 44.9 Å². The molecule has 0 N–H and O–H groups in total. The Kier molecular flexibility index (Phi) is 3.57. The second-order valence-corrected chi connectivity index (χ2v) is 6.99. The van der Waals surface area contributed by atoms with Crippen LogP contribution in [0.15, 0.2) is 30.3 Å². The van der Waals surface area contributed by atoms with Gasteiger partial charge in [0.15, 0.2) is 0 Å². The number of nitrogens with zero attached hydrogens (tertiary/aromatic N) is 3. The maximum absolute atomic E-state index is 12.8. The molecule has 3 heterocycles. The molecule has 2 amide bonds. The fraction of sp³-hybridized carbons (Fsp3) is 0.611. The van der Waals surface area contributed by atoms with Crippen molar-refractivity contribution in [1.82, 2.24) is 9.80 Å². The van der Waals surface area contributed by atoms with Gasteiger partial charge in [-0.25, -0.2) is 4.79 Å². The molecule has 4 heteroatoms. The number of carbonyl (C=O) groups is 1. The number of rotatable bonds is 2. The van der Waals surface area contributed by atoms with E-state index in [1.165, 1.54) is 19.3 Å². The normalized spacial score (nSPS) is 32.6. The van der Waals surface area contributed by atoms with Gasteiger partial charge in [-0.15, -0.1) is 0 Å². The third-order valence-electron chi connectivity index (χ3n) is 5.86. The molecule has 4 nitrogen and oxygen atoms in total. The molecule has 1 aromatic rings. The fourth-order valence-corrected chi connectivity index (χ4v) is 4.58. The predicted octanol–water partition coefficient (Wildman–Crippen LogP) is 2.94. The summed E-state index contributed by atoms with van der Waals surface area (Å²) in [6, 6.07) is 12.1. The lowest BCUT2D eigenvalue weighted by molar-refractivity contribution is 0.0251. The predicted molar refractivity (Wildman–Crippen MR) is 88.1 cm³/mol. The van der Waals surface area contributed by atoms with Gasteiger partial charge in [0.2, 0.25) is 0 Å². The SMILES string of the molecule is CN1[C@@H]2CCC[C@H]1CC(N1CCN(c3ccccc3)C1=O)C2. The molecule has 22 heavy (non-hydrogen) atoms. The Balaban J connectivity index is 1.49. The van der Waals surface area contributed by atoms with Crippen LogP contribution in [0.2, 0.25) is 0 Å². The van der Waals surface area contributed by atoms with E-state index in [-0.39, 0.29) is 6.03 Å². The van der Waals surface area contributed by atoms with Gasteiger partial charge in [0.25, 0.3) is 0 Å². The molecule has 2 bridgehead atoms. The standard InChI is InChI=1S/C18H25N3O/c1-19-15-8-5-9-16(19)13-17(12-15)21-11-10-20(18(21)22)14-6-3-2-4-7-14/h2-4,6-7,15-17H,5,8-13H2,1H3/t15-,16+,17?. The Morgan fingerprint density at radius 3 is 2.32 bits per heavy atom. The van der Waals surface area contributed by atoms with E-state index in [1.54, 1.807) is 0 Å². The van der Waals surface area contributed by atoms with Gasteiger partial charge in [-0.1, -0.05) is 24.6 Å². The third kappa shape index (κ3) is 2.30. The number of amides is 2. The van der Waals surface area contributed by atoms with Gasteiger partial charge < -0.3 is 9.80 Å². The van der Waals surface area contributed by atoms with Crippen molar-refractivity contribution in [2.75, 3.05) is 25.0 Å². The molecule has 0 radical (unpaired) electrons. The van der Waals surface area contributed by atoms with Crippen LogP contribution < -0.4 is 4.90 Å². The second-order valence-electron chi connectivity index (χ2n) is 6.99. The van der Waals surface area contributed by atoms with Crippen molar-refractivity contribution >= 4 is 11.7 Å². The second kappa shape index (κ2) is 5.58. The van der Waals surface area contributed by atoms with Gasteiger partial charge in [0, 0.05) is 36.9 Å². The van der Waals surface area contributed by atoms with E-state index in [1.807, 2.05) is 35.2 Å². The van der Waals surface area contributed by atoms with Crippen LogP contribution >= 0.6 is 0 Å². The highest BCUT2D eigenvalue weighted by Crippen LogP contribution is 2.36. The van der Waals surface area contributed by atoms with Crippen LogP contribution in [0.3, 0.4) is 0 Å². The van der Waals surface area contributed by atoms with E-state index < -0.39 is 0 Å². The summed E-state index contributed by atoms with van der Waals surface area (Å²) in [6.45, 7) is 1.70. The molecule has 1 unspecified atom stereocenters. The van der Waals surface area contributed by atoms with E-state index in [2.05, 4.69) is 16.8 Å². The summed E-state index contributed by atoms with van der Waals surface area (Å²) in [6.07, 6.45) is 6.26. The maximum Gasteiger partial charge on any atom is 0.324 e. The highest BCUT2D eigenvalue weighted by molar-refractivity contribution is 5.94. The number of hydrogen-bond acceptors (Lipinski definition) is 2. The number of piperidine rings is 2. The van der Waals surface area contributed by atoms with Crippen molar-refractivity contribution in [2.45, 2.75) is 50.2 Å². The number of anilines is 1. The first-order chi connectivity index (χ1) is 10.7. The summed E-state index contributed by atoms with van der Waals surface area (Å²) < 4.78 is 0. The van der Waals surface area contributed by atoms with E-state index in [0.29, 0.717) is 18.1 Å². The zero-order valence-electron chi connectivity index (χ0n) is 13.3. The van der Waals surface area contributed by atoms with Gasteiger partial charge in [-0.3, -0.25) is 4.90 Å². The molecular weight excluding hydrogens is 274 g/mol. The van der Waals surface area contributed by atoms with E-state index in [4.69, 9.17) is 0 Å². The largest absolute Gasteiger partial charge is 0.324 e. The Hall–Kier alpha value is -1.55. The van der Waals surface area contributed by atoms with Crippen LogP contribution in [0.4, 0.5) is 10.5 Å². The minimum atomic E-state index is 0.207. The lowest BCUT2D eigenvalue weighted by Gasteiger charge is -2.48. The minimum Gasteiger partial charge on any atom is -0.319 e. The van der Waals surface area contributed by atoms with Crippen LogP contribution in [0.25, 0.3) is 0 Å². The number of hydrogen-bond donors (Lipinski definition) is 0. The van der Waals surface area contributed by atoms with Gasteiger partial charge >= 0.3 is 6.03 Å². The zero-order valence-corrected chi connectivity index (χ0v) is 13.3. The summed E-state index contributed by atoms with van der Waals surface area (Å²) in [5, 5.41) is 0. The van der Waals surface area contributed by atoms with Crippen LogP contribution in [-0.2, 0) is 0 Å². The first-order valence-electron chi connectivity index (χ1n) is 8.59. The summed E-state index contributed by atoms with van der Waals surface area (Å²) in [7, 11) is 2.27. The van der Waals surface area contributed by atoms with Crippen molar-refractivity contribution in [3.05, 3.63) is 30.3 Å². The van der Waals surface area contributed by atoms with Crippen molar-refractivity contribution in [3.8, 4) is 0 Å². The smallest absolute Gasteiger partial charge is 0.319 e. The molecule has 3 saturated heterocycles. The highest BCUT2D eigenvalue weighted by Gasteiger charge is 2.42. The summed E-state index contributed by atoms with van der Waals surface area (Å²) in [5.74, 6) is 0. The van der Waals surface area contributed by atoms with Crippen LogP contribution in [0, 0.1) is 0 Å². The summed E-state index contributed by atoms with van der Waals surface area (Å²) in [5.41, 5.74) is 1.03. The molecular formula is C18H25N3O. The number of urea groups is 1. The molecule has 4 rings (SSSR count). The molecule has 0 aliphatic carbocycles. The summed E-state index contributed by atoms with van der Waals surface area (Å²) >= 11 is 0. The lowest BCUT2D eigenvalue weighted by atomic mass is 9.82. The first kappa shape index (κ1) is 14.1. The molecule has 118 valence electrons. The van der Waals surface area contributed by atoms with Crippen LogP contribution in [0.5, 0.6) is 0 Å².